The molecule has 6 heteroatoms. The quantitative estimate of drug-likeness (QED) is 0.674. The Kier molecular flexibility index (Phi) is 4.02. The van der Waals surface area contributed by atoms with Crippen LogP contribution in [0, 0.1) is 5.92 Å². The standard InChI is InChI=1S/C13H13Cl2NO3/c1-6-9(10-7(14)4-3-5-8(10)15)11(12(17)16-6)13(18)19-2/h3-6,9,11H,1-2H3,(H,16,17). The molecule has 0 radical (unpaired) electrons. The average Bonchev–Trinajstić information content (AvgIpc) is 2.64. The van der Waals surface area contributed by atoms with Crippen LogP contribution in [0.25, 0.3) is 0 Å². The zero-order chi connectivity index (χ0) is 14.2. The molecule has 2 rings (SSSR count). The molecule has 0 saturated carbocycles. The van der Waals surface area contributed by atoms with Gasteiger partial charge in [0.05, 0.1) is 7.11 Å². The van der Waals surface area contributed by atoms with Gasteiger partial charge in [-0.25, -0.2) is 0 Å². The first kappa shape index (κ1) is 14.2. The summed E-state index contributed by atoms with van der Waals surface area (Å²) in [5, 5.41) is 3.61. The van der Waals surface area contributed by atoms with E-state index < -0.39 is 17.8 Å². The molecule has 1 aromatic rings. The Morgan fingerprint density at radius 3 is 2.42 bits per heavy atom. The molecule has 19 heavy (non-hydrogen) atoms. The van der Waals surface area contributed by atoms with E-state index in [1.54, 1.807) is 18.2 Å². The van der Waals surface area contributed by atoms with Crippen molar-refractivity contribution in [2.75, 3.05) is 7.11 Å². The van der Waals surface area contributed by atoms with Crippen molar-refractivity contribution in [2.45, 2.75) is 18.9 Å². The normalized spacial score (nSPS) is 26.1. The van der Waals surface area contributed by atoms with Gasteiger partial charge in [-0.2, -0.15) is 0 Å². The van der Waals surface area contributed by atoms with Crippen LogP contribution in [-0.4, -0.2) is 25.0 Å². The summed E-state index contributed by atoms with van der Waals surface area (Å²) >= 11 is 12.3. The lowest BCUT2D eigenvalue weighted by Crippen LogP contribution is -2.28. The third-order valence-electron chi connectivity index (χ3n) is 3.34. The smallest absolute Gasteiger partial charge is 0.318 e. The summed E-state index contributed by atoms with van der Waals surface area (Å²) in [5.74, 6) is -2.29. The van der Waals surface area contributed by atoms with Gasteiger partial charge < -0.3 is 10.1 Å². The number of esters is 1. The van der Waals surface area contributed by atoms with Gasteiger partial charge in [-0.15, -0.1) is 0 Å². The number of benzene rings is 1. The van der Waals surface area contributed by atoms with E-state index in [-0.39, 0.29) is 11.9 Å². The van der Waals surface area contributed by atoms with E-state index >= 15 is 0 Å². The van der Waals surface area contributed by atoms with Crippen molar-refractivity contribution in [1.29, 1.82) is 0 Å². The lowest BCUT2D eigenvalue weighted by molar-refractivity contribution is -0.149. The molecule has 0 aliphatic carbocycles. The highest BCUT2D eigenvalue weighted by Crippen LogP contribution is 2.41. The van der Waals surface area contributed by atoms with Gasteiger partial charge in [0.25, 0.3) is 0 Å². The van der Waals surface area contributed by atoms with E-state index in [0.29, 0.717) is 15.6 Å². The van der Waals surface area contributed by atoms with E-state index in [0.717, 1.165) is 0 Å². The first-order chi connectivity index (χ1) is 8.97. The van der Waals surface area contributed by atoms with Crippen LogP contribution in [0.4, 0.5) is 0 Å². The SMILES string of the molecule is COC(=O)C1C(=O)NC(C)C1c1c(Cl)cccc1Cl. The number of rotatable bonds is 2. The summed E-state index contributed by atoms with van der Waals surface area (Å²) in [5.41, 5.74) is 0.604. The first-order valence-corrected chi connectivity index (χ1v) is 6.55. The van der Waals surface area contributed by atoms with Crippen LogP contribution < -0.4 is 5.32 Å². The molecule has 1 heterocycles. The fourth-order valence-electron chi connectivity index (χ4n) is 2.48. The number of carbonyl (C=O) groups excluding carboxylic acids is 2. The maximum Gasteiger partial charge on any atom is 0.318 e. The Hall–Kier alpha value is -1.26. The van der Waals surface area contributed by atoms with E-state index in [4.69, 9.17) is 27.9 Å². The van der Waals surface area contributed by atoms with Crippen molar-refractivity contribution in [1.82, 2.24) is 5.32 Å². The highest BCUT2D eigenvalue weighted by atomic mass is 35.5. The maximum absolute atomic E-state index is 11.9. The minimum atomic E-state index is -0.919. The van der Waals surface area contributed by atoms with Crippen molar-refractivity contribution in [3.05, 3.63) is 33.8 Å². The Morgan fingerprint density at radius 1 is 1.32 bits per heavy atom. The molecule has 0 bridgehead atoms. The molecule has 1 amide bonds. The number of methoxy groups -OCH3 is 1. The van der Waals surface area contributed by atoms with Gasteiger partial charge in [-0.1, -0.05) is 29.3 Å². The van der Waals surface area contributed by atoms with Gasteiger partial charge in [0.1, 0.15) is 5.92 Å². The molecule has 3 atom stereocenters. The lowest BCUT2D eigenvalue weighted by Gasteiger charge is -2.21. The van der Waals surface area contributed by atoms with Crippen molar-refractivity contribution in [3.8, 4) is 0 Å². The highest BCUT2D eigenvalue weighted by Gasteiger charge is 2.47. The molecule has 1 aliphatic rings. The third-order valence-corrected chi connectivity index (χ3v) is 4.00. The second-order valence-corrected chi connectivity index (χ2v) is 5.27. The van der Waals surface area contributed by atoms with E-state index in [1.165, 1.54) is 7.11 Å². The summed E-state index contributed by atoms with van der Waals surface area (Å²) in [4.78, 5) is 23.7. The highest BCUT2D eigenvalue weighted by molar-refractivity contribution is 6.36. The molecule has 1 saturated heterocycles. The number of amides is 1. The minimum absolute atomic E-state index is 0.242. The van der Waals surface area contributed by atoms with Crippen LogP contribution in [-0.2, 0) is 14.3 Å². The predicted octanol–water partition coefficient (Wildman–Crippen LogP) is 2.38. The number of carbonyl (C=O) groups is 2. The Balaban J connectivity index is 2.51. The topological polar surface area (TPSA) is 55.4 Å². The largest absolute Gasteiger partial charge is 0.468 e. The van der Waals surface area contributed by atoms with E-state index in [2.05, 4.69) is 5.32 Å². The average molecular weight is 302 g/mol. The number of ether oxygens (including phenoxy) is 1. The fraction of sp³-hybridized carbons (Fsp3) is 0.385. The van der Waals surface area contributed by atoms with Crippen LogP contribution >= 0.6 is 23.2 Å². The molecule has 3 unspecified atom stereocenters. The van der Waals surface area contributed by atoms with Gasteiger partial charge >= 0.3 is 5.97 Å². The second kappa shape index (κ2) is 5.39. The van der Waals surface area contributed by atoms with E-state index in [9.17, 15) is 9.59 Å². The molecule has 0 aromatic heterocycles. The van der Waals surface area contributed by atoms with Gasteiger partial charge in [-0.05, 0) is 24.6 Å². The molecular weight excluding hydrogens is 289 g/mol. The number of hydrogen-bond acceptors (Lipinski definition) is 3. The second-order valence-electron chi connectivity index (χ2n) is 4.46. The summed E-state index contributed by atoms with van der Waals surface area (Å²) < 4.78 is 4.70. The Morgan fingerprint density at radius 2 is 1.89 bits per heavy atom. The lowest BCUT2D eigenvalue weighted by atomic mass is 9.84. The van der Waals surface area contributed by atoms with Gasteiger partial charge in [0.15, 0.2) is 0 Å². The molecule has 1 aromatic carbocycles. The number of halogens is 2. The molecule has 4 nitrogen and oxygen atoms in total. The first-order valence-electron chi connectivity index (χ1n) is 5.79. The Labute approximate surface area is 121 Å². The van der Waals surface area contributed by atoms with Crippen molar-refractivity contribution in [3.63, 3.8) is 0 Å². The molecular formula is C13H13Cl2NO3. The van der Waals surface area contributed by atoms with Crippen molar-refractivity contribution >= 4 is 35.1 Å². The molecule has 102 valence electrons. The number of hydrogen-bond donors (Lipinski definition) is 1. The summed E-state index contributed by atoms with van der Waals surface area (Å²) in [6, 6.07) is 4.85. The Bertz CT molecular complexity index is 504. The van der Waals surface area contributed by atoms with Crippen LogP contribution in [0.2, 0.25) is 10.0 Å². The third kappa shape index (κ3) is 2.42. The maximum atomic E-state index is 11.9. The monoisotopic (exact) mass is 301 g/mol. The molecule has 0 spiro atoms. The van der Waals surface area contributed by atoms with E-state index in [1.807, 2.05) is 6.92 Å². The number of nitrogens with one attached hydrogen (secondary N) is 1. The minimum Gasteiger partial charge on any atom is -0.468 e. The molecule has 1 aliphatic heterocycles. The molecule has 1 N–H and O–H groups in total. The summed E-state index contributed by atoms with van der Waals surface area (Å²) in [7, 11) is 1.25. The van der Waals surface area contributed by atoms with Crippen LogP contribution in [0.5, 0.6) is 0 Å². The zero-order valence-corrected chi connectivity index (χ0v) is 12.0. The summed E-state index contributed by atoms with van der Waals surface area (Å²) in [6.45, 7) is 1.81. The fourth-order valence-corrected chi connectivity index (χ4v) is 3.13. The van der Waals surface area contributed by atoms with Crippen molar-refractivity contribution < 1.29 is 14.3 Å². The van der Waals surface area contributed by atoms with Gasteiger partial charge in [0.2, 0.25) is 5.91 Å². The van der Waals surface area contributed by atoms with Crippen LogP contribution in [0.1, 0.15) is 18.4 Å². The van der Waals surface area contributed by atoms with Crippen LogP contribution in [0.15, 0.2) is 18.2 Å². The van der Waals surface area contributed by atoms with Gasteiger partial charge in [-0.3, -0.25) is 9.59 Å². The summed E-state index contributed by atoms with van der Waals surface area (Å²) in [6.07, 6.45) is 0. The molecule has 1 fully saturated rings. The van der Waals surface area contributed by atoms with Crippen LogP contribution in [0.3, 0.4) is 0 Å². The zero-order valence-electron chi connectivity index (χ0n) is 10.4. The van der Waals surface area contributed by atoms with Crippen molar-refractivity contribution in [2.24, 2.45) is 5.92 Å². The van der Waals surface area contributed by atoms with Gasteiger partial charge in [0, 0.05) is 22.0 Å². The predicted molar refractivity (Wildman–Crippen MR) is 72.3 cm³/mol.